The van der Waals surface area contributed by atoms with Gasteiger partial charge in [0.25, 0.3) is 0 Å². The number of methoxy groups -OCH3 is 1. The zero-order chi connectivity index (χ0) is 13.9. The Kier molecular flexibility index (Phi) is 3.83. The van der Waals surface area contributed by atoms with Crippen LogP contribution in [0.4, 0.5) is 0 Å². The van der Waals surface area contributed by atoms with Crippen molar-refractivity contribution in [2.45, 2.75) is 13.2 Å². The van der Waals surface area contributed by atoms with E-state index in [0.29, 0.717) is 17.4 Å². The molecular formula is C11H11N5O2S2. The van der Waals surface area contributed by atoms with E-state index in [1.165, 1.54) is 11.3 Å². The van der Waals surface area contributed by atoms with E-state index in [0.717, 1.165) is 15.6 Å². The first-order valence-corrected chi connectivity index (χ1v) is 7.44. The smallest absolute Gasteiger partial charge is 0.234 e. The first-order valence-electron chi connectivity index (χ1n) is 5.74. The monoisotopic (exact) mass is 309 g/mol. The standard InChI is InChI=1S/C11H11N5O2S2/c1-18-6-9-13-14-11(20-9)16-10(7(5-17)12-15-16)8-3-2-4-19-8/h2-4,17H,5-6H2,1H3. The van der Waals surface area contributed by atoms with Gasteiger partial charge in [-0.3, -0.25) is 0 Å². The molecule has 3 aromatic rings. The van der Waals surface area contributed by atoms with Crippen LogP contribution in [0.2, 0.25) is 0 Å². The molecule has 3 rings (SSSR count). The van der Waals surface area contributed by atoms with Crippen LogP contribution in [0.15, 0.2) is 17.5 Å². The lowest BCUT2D eigenvalue weighted by Gasteiger charge is -2.01. The highest BCUT2D eigenvalue weighted by atomic mass is 32.1. The molecule has 0 unspecified atom stereocenters. The summed E-state index contributed by atoms with van der Waals surface area (Å²) in [7, 11) is 1.61. The average Bonchev–Trinajstić information content (AvgIpc) is 3.18. The van der Waals surface area contributed by atoms with E-state index < -0.39 is 0 Å². The van der Waals surface area contributed by atoms with Gasteiger partial charge in [-0.2, -0.15) is 4.68 Å². The van der Waals surface area contributed by atoms with E-state index in [1.54, 1.807) is 23.1 Å². The van der Waals surface area contributed by atoms with Crippen molar-refractivity contribution in [3.05, 3.63) is 28.2 Å². The Morgan fingerprint density at radius 2 is 2.25 bits per heavy atom. The Morgan fingerprint density at radius 3 is 2.95 bits per heavy atom. The summed E-state index contributed by atoms with van der Waals surface area (Å²) in [5.74, 6) is 0. The highest BCUT2D eigenvalue weighted by Gasteiger charge is 2.19. The van der Waals surface area contributed by atoms with Crippen molar-refractivity contribution in [1.82, 2.24) is 25.2 Å². The minimum Gasteiger partial charge on any atom is -0.390 e. The molecule has 0 aliphatic rings. The number of thiophene rings is 1. The van der Waals surface area contributed by atoms with Crippen molar-refractivity contribution in [2.24, 2.45) is 0 Å². The highest BCUT2D eigenvalue weighted by molar-refractivity contribution is 7.14. The van der Waals surface area contributed by atoms with Crippen LogP contribution in [0.25, 0.3) is 15.7 Å². The van der Waals surface area contributed by atoms with E-state index in [4.69, 9.17) is 4.74 Å². The minimum atomic E-state index is -0.170. The second-order valence-electron chi connectivity index (χ2n) is 3.84. The van der Waals surface area contributed by atoms with Crippen molar-refractivity contribution in [3.8, 4) is 15.7 Å². The van der Waals surface area contributed by atoms with Crippen molar-refractivity contribution in [1.29, 1.82) is 0 Å². The van der Waals surface area contributed by atoms with E-state index in [9.17, 15) is 5.11 Å². The molecule has 0 saturated carbocycles. The summed E-state index contributed by atoms with van der Waals surface area (Å²) in [6.45, 7) is 0.241. The van der Waals surface area contributed by atoms with Gasteiger partial charge in [-0.25, -0.2) is 0 Å². The summed E-state index contributed by atoms with van der Waals surface area (Å²) in [6, 6.07) is 3.89. The van der Waals surface area contributed by atoms with Crippen molar-refractivity contribution >= 4 is 22.7 Å². The molecule has 0 atom stereocenters. The maximum absolute atomic E-state index is 9.40. The van der Waals surface area contributed by atoms with Gasteiger partial charge in [0.1, 0.15) is 23.0 Å². The molecule has 0 bridgehead atoms. The fourth-order valence-corrected chi connectivity index (χ4v) is 3.27. The molecule has 7 nitrogen and oxygen atoms in total. The van der Waals surface area contributed by atoms with Gasteiger partial charge in [-0.05, 0) is 11.4 Å². The zero-order valence-corrected chi connectivity index (χ0v) is 12.2. The number of hydrogen-bond donors (Lipinski definition) is 1. The second kappa shape index (κ2) is 5.75. The molecule has 0 spiro atoms. The van der Waals surface area contributed by atoms with E-state index in [-0.39, 0.29) is 6.61 Å². The molecule has 0 aromatic carbocycles. The molecule has 9 heteroatoms. The number of nitrogens with zero attached hydrogens (tertiary/aromatic N) is 5. The Labute approximate surface area is 122 Å². The van der Waals surface area contributed by atoms with Gasteiger partial charge in [0.05, 0.1) is 11.5 Å². The molecule has 3 heterocycles. The maximum atomic E-state index is 9.40. The summed E-state index contributed by atoms with van der Waals surface area (Å²) in [5.41, 5.74) is 1.28. The Balaban J connectivity index is 2.07. The third-order valence-electron chi connectivity index (χ3n) is 2.55. The van der Waals surface area contributed by atoms with Gasteiger partial charge in [0, 0.05) is 7.11 Å². The number of aromatic nitrogens is 5. The lowest BCUT2D eigenvalue weighted by molar-refractivity contribution is 0.184. The van der Waals surface area contributed by atoms with E-state index in [1.807, 2.05) is 17.5 Å². The van der Waals surface area contributed by atoms with Crippen LogP contribution in [0, 0.1) is 0 Å². The lowest BCUT2D eigenvalue weighted by Crippen LogP contribution is -1.98. The number of rotatable bonds is 5. The van der Waals surface area contributed by atoms with Gasteiger partial charge < -0.3 is 9.84 Å². The van der Waals surface area contributed by atoms with Gasteiger partial charge in [0.2, 0.25) is 5.13 Å². The molecule has 3 aromatic heterocycles. The SMILES string of the molecule is COCc1nnc(-n2nnc(CO)c2-c2cccs2)s1. The second-order valence-corrected chi connectivity index (χ2v) is 5.83. The van der Waals surface area contributed by atoms with Crippen LogP contribution in [0.3, 0.4) is 0 Å². The Morgan fingerprint density at radius 1 is 1.35 bits per heavy atom. The summed E-state index contributed by atoms with van der Waals surface area (Å²) in [5, 5.41) is 28.9. The number of aliphatic hydroxyl groups excluding tert-OH is 1. The normalized spacial score (nSPS) is 11.1. The predicted octanol–water partition coefficient (Wildman–Crippen LogP) is 1.49. The summed E-state index contributed by atoms with van der Waals surface area (Å²) < 4.78 is 6.64. The van der Waals surface area contributed by atoms with Gasteiger partial charge in [-0.1, -0.05) is 22.6 Å². The highest BCUT2D eigenvalue weighted by Crippen LogP contribution is 2.30. The van der Waals surface area contributed by atoms with E-state index in [2.05, 4.69) is 20.5 Å². The number of aliphatic hydroxyl groups is 1. The Bertz CT molecular complexity index is 692. The van der Waals surface area contributed by atoms with Crippen LogP contribution in [-0.4, -0.2) is 37.4 Å². The van der Waals surface area contributed by atoms with Crippen molar-refractivity contribution in [2.75, 3.05) is 7.11 Å². The molecule has 0 radical (unpaired) electrons. The van der Waals surface area contributed by atoms with Crippen LogP contribution in [0.1, 0.15) is 10.7 Å². The molecule has 0 amide bonds. The van der Waals surface area contributed by atoms with Gasteiger partial charge in [0.15, 0.2) is 0 Å². The average molecular weight is 309 g/mol. The van der Waals surface area contributed by atoms with Crippen LogP contribution < -0.4 is 0 Å². The molecule has 0 aliphatic heterocycles. The third kappa shape index (κ3) is 2.36. The summed E-state index contributed by atoms with van der Waals surface area (Å²) in [6.07, 6.45) is 0. The maximum Gasteiger partial charge on any atom is 0.234 e. The summed E-state index contributed by atoms with van der Waals surface area (Å²) >= 11 is 2.94. The molecule has 0 fully saturated rings. The quantitative estimate of drug-likeness (QED) is 0.768. The first kappa shape index (κ1) is 13.3. The van der Waals surface area contributed by atoms with Crippen LogP contribution >= 0.6 is 22.7 Å². The van der Waals surface area contributed by atoms with Crippen molar-refractivity contribution < 1.29 is 9.84 Å². The Hall–Kier alpha value is -1.68. The molecule has 104 valence electrons. The largest absolute Gasteiger partial charge is 0.390 e. The van der Waals surface area contributed by atoms with Crippen LogP contribution in [0.5, 0.6) is 0 Å². The number of hydrogen-bond acceptors (Lipinski definition) is 8. The number of ether oxygens (including phenoxy) is 1. The van der Waals surface area contributed by atoms with Gasteiger partial charge >= 0.3 is 0 Å². The topological polar surface area (TPSA) is 86.0 Å². The van der Waals surface area contributed by atoms with Crippen LogP contribution in [-0.2, 0) is 18.0 Å². The first-order chi connectivity index (χ1) is 9.83. The molecular weight excluding hydrogens is 298 g/mol. The third-order valence-corrected chi connectivity index (χ3v) is 4.30. The molecule has 0 saturated heterocycles. The summed E-state index contributed by atoms with van der Waals surface area (Å²) in [4.78, 5) is 0.975. The van der Waals surface area contributed by atoms with Crippen molar-refractivity contribution in [3.63, 3.8) is 0 Å². The van der Waals surface area contributed by atoms with Gasteiger partial charge in [-0.15, -0.1) is 26.6 Å². The minimum absolute atomic E-state index is 0.170. The lowest BCUT2D eigenvalue weighted by atomic mass is 10.3. The molecule has 1 N–H and O–H groups in total. The fraction of sp³-hybridized carbons (Fsp3) is 0.273. The fourth-order valence-electron chi connectivity index (χ4n) is 1.73. The molecule has 0 aliphatic carbocycles. The molecule has 20 heavy (non-hydrogen) atoms. The zero-order valence-electron chi connectivity index (χ0n) is 10.6. The predicted molar refractivity (Wildman–Crippen MR) is 74.8 cm³/mol. The van der Waals surface area contributed by atoms with E-state index >= 15 is 0 Å².